The van der Waals surface area contributed by atoms with Gasteiger partial charge in [-0.05, 0) is 32.4 Å². The summed E-state index contributed by atoms with van der Waals surface area (Å²) in [6, 6.07) is 3.76. The normalized spacial score (nSPS) is 13.8. The zero-order valence-corrected chi connectivity index (χ0v) is 14.8. The Kier molecular flexibility index (Phi) is 7.83. The number of hydrogen-bond donors (Lipinski definition) is 2. The Hall–Kier alpha value is -0.470. The molecular weight excluding hydrogens is 308 g/mol. The minimum absolute atomic E-state index is 0.233. The van der Waals surface area contributed by atoms with E-state index in [0.717, 1.165) is 17.8 Å². The predicted molar refractivity (Wildman–Crippen MR) is 87.4 cm³/mol. The van der Waals surface area contributed by atoms with Crippen LogP contribution in [0.4, 0.5) is 0 Å². The van der Waals surface area contributed by atoms with Gasteiger partial charge < -0.3 is 10.1 Å². The van der Waals surface area contributed by atoms with E-state index < -0.39 is 10.0 Å². The molecule has 0 amide bonds. The van der Waals surface area contributed by atoms with Crippen LogP contribution in [0.2, 0.25) is 0 Å². The van der Waals surface area contributed by atoms with Crippen molar-refractivity contribution in [2.24, 2.45) is 0 Å². The molecule has 1 heterocycles. The monoisotopic (exact) mass is 334 g/mol. The van der Waals surface area contributed by atoms with Gasteiger partial charge in [0, 0.05) is 30.1 Å². The fourth-order valence-corrected chi connectivity index (χ4v) is 4.37. The quantitative estimate of drug-likeness (QED) is 0.687. The van der Waals surface area contributed by atoms with Crippen LogP contribution < -0.4 is 10.0 Å². The van der Waals surface area contributed by atoms with Crippen molar-refractivity contribution in [3.05, 3.63) is 17.0 Å². The maximum Gasteiger partial charge on any atom is 0.250 e. The van der Waals surface area contributed by atoms with E-state index in [-0.39, 0.29) is 6.04 Å². The highest BCUT2D eigenvalue weighted by Crippen LogP contribution is 2.22. The molecule has 0 saturated heterocycles. The van der Waals surface area contributed by atoms with Crippen LogP contribution in [0.15, 0.2) is 16.3 Å². The largest absolute Gasteiger partial charge is 0.380 e. The smallest absolute Gasteiger partial charge is 0.250 e. The fraction of sp³-hybridized carbons (Fsp3) is 0.714. The van der Waals surface area contributed by atoms with Crippen LogP contribution in [-0.4, -0.2) is 40.3 Å². The highest BCUT2D eigenvalue weighted by atomic mass is 32.2. The summed E-state index contributed by atoms with van der Waals surface area (Å²) >= 11 is 1.33. The lowest BCUT2D eigenvalue weighted by atomic mass is 10.3. The molecule has 2 N–H and O–H groups in total. The molecule has 5 nitrogen and oxygen atoms in total. The van der Waals surface area contributed by atoms with E-state index in [2.05, 4.69) is 23.9 Å². The first-order valence-corrected chi connectivity index (χ1v) is 9.57. The molecule has 1 unspecified atom stereocenters. The van der Waals surface area contributed by atoms with Crippen molar-refractivity contribution in [3.8, 4) is 0 Å². The molecule has 0 fully saturated rings. The Morgan fingerprint density at radius 2 is 2.00 bits per heavy atom. The third-order valence-corrected chi connectivity index (χ3v) is 5.98. The molecule has 0 aromatic carbocycles. The minimum Gasteiger partial charge on any atom is -0.380 e. The summed E-state index contributed by atoms with van der Waals surface area (Å²) in [5, 5.41) is 3.32. The fourth-order valence-electron chi connectivity index (χ4n) is 1.77. The summed E-state index contributed by atoms with van der Waals surface area (Å²) in [7, 11) is -3.44. The van der Waals surface area contributed by atoms with Crippen LogP contribution >= 0.6 is 11.3 Å². The zero-order chi connectivity index (χ0) is 15.9. The lowest BCUT2D eigenvalue weighted by molar-refractivity contribution is 0.133. The van der Waals surface area contributed by atoms with Crippen LogP contribution in [-0.2, 0) is 21.2 Å². The van der Waals surface area contributed by atoms with E-state index in [9.17, 15) is 8.42 Å². The molecule has 0 saturated carbocycles. The standard InChI is InChI=1S/C14H26N2O3S2/c1-5-19-10-12(4)16-21(17,18)14-7-6-13(20-14)8-9-15-11(2)3/h6-7,11-12,15-16H,5,8-10H2,1-4H3. The lowest BCUT2D eigenvalue weighted by Gasteiger charge is -2.12. The number of ether oxygens (including phenoxy) is 1. The van der Waals surface area contributed by atoms with Crippen molar-refractivity contribution in [2.45, 2.75) is 50.4 Å². The molecule has 0 radical (unpaired) electrons. The van der Waals surface area contributed by atoms with Gasteiger partial charge in [-0.3, -0.25) is 0 Å². The topological polar surface area (TPSA) is 67.4 Å². The Morgan fingerprint density at radius 1 is 1.29 bits per heavy atom. The third-order valence-electron chi connectivity index (χ3n) is 2.75. The van der Waals surface area contributed by atoms with Crippen molar-refractivity contribution in [1.82, 2.24) is 10.0 Å². The van der Waals surface area contributed by atoms with E-state index in [0.29, 0.717) is 23.5 Å². The third kappa shape index (κ3) is 6.88. The Bertz CT molecular complexity index is 512. The zero-order valence-electron chi connectivity index (χ0n) is 13.2. The SMILES string of the molecule is CCOCC(C)NS(=O)(=O)c1ccc(CCNC(C)C)s1. The Morgan fingerprint density at radius 3 is 2.62 bits per heavy atom. The van der Waals surface area contributed by atoms with Gasteiger partial charge in [-0.15, -0.1) is 11.3 Å². The summed E-state index contributed by atoms with van der Waals surface area (Å²) in [6.45, 7) is 9.68. The lowest BCUT2D eigenvalue weighted by Crippen LogP contribution is -2.35. The van der Waals surface area contributed by atoms with E-state index in [1.807, 2.05) is 13.0 Å². The van der Waals surface area contributed by atoms with Crippen molar-refractivity contribution in [2.75, 3.05) is 19.8 Å². The van der Waals surface area contributed by atoms with Crippen LogP contribution in [0.3, 0.4) is 0 Å². The summed E-state index contributed by atoms with van der Waals surface area (Å²) in [4.78, 5) is 1.07. The van der Waals surface area contributed by atoms with Gasteiger partial charge in [-0.2, -0.15) is 0 Å². The molecule has 21 heavy (non-hydrogen) atoms. The molecule has 0 aliphatic carbocycles. The molecule has 7 heteroatoms. The molecule has 1 rings (SSSR count). The average Bonchev–Trinajstić information content (AvgIpc) is 2.85. The molecule has 0 aliphatic heterocycles. The molecule has 1 aromatic heterocycles. The number of sulfonamides is 1. The number of nitrogens with one attached hydrogen (secondary N) is 2. The minimum atomic E-state index is -3.44. The second-order valence-corrected chi connectivity index (χ2v) is 8.37. The Balaban J connectivity index is 2.57. The van der Waals surface area contributed by atoms with E-state index in [1.54, 1.807) is 13.0 Å². The molecule has 0 bridgehead atoms. The highest BCUT2D eigenvalue weighted by Gasteiger charge is 2.19. The maximum absolute atomic E-state index is 12.2. The van der Waals surface area contributed by atoms with Crippen LogP contribution in [0, 0.1) is 0 Å². The van der Waals surface area contributed by atoms with Crippen LogP contribution in [0.1, 0.15) is 32.6 Å². The van der Waals surface area contributed by atoms with Crippen molar-refractivity contribution in [1.29, 1.82) is 0 Å². The number of thiophene rings is 1. The highest BCUT2D eigenvalue weighted by molar-refractivity contribution is 7.91. The second-order valence-electron chi connectivity index (χ2n) is 5.26. The molecule has 0 spiro atoms. The first-order chi connectivity index (χ1) is 9.85. The van der Waals surface area contributed by atoms with Gasteiger partial charge in [0.1, 0.15) is 4.21 Å². The number of rotatable bonds is 10. The van der Waals surface area contributed by atoms with Crippen LogP contribution in [0.25, 0.3) is 0 Å². The van der Waals surface area contributed by atoms with Gasteiger partial charge >= 0.3 is 0 Å². The molecule has 1 aromatic rings. The molecule has 1 atom stereocenters. The summed E-state index contributed by atoms with van der Waals surface area (Å²) in [5.74, 6) is 0. The van der Waals surface area contributed by atoms with Crippen molar-refractivity contribution in [3.63, 3.8) is 0 Å². The summed E-state index contributed by atoms with van der Waals surface area (Å²) in [6.07, 6.45) is 0.840. The first-order valence-electron chi connectivity index (χ1n) is 7.27. The first kappa shape index (κ1) is 18.6. The predicted octanol–water partition coefficient (Wildman–Crippen LogP) is 1.99. The second kappa shape index (κ2) is 8.85. The van der Waals surface area contributed by atoms with Gasteiger partial charge in [0.15, 0.2) is 0 Å². The van der Waals surface area contributed by atoms with Crippen molar-refractivity contribution < 1.29 is 13.2 Å². The van der Waals surface area contributed by atoms with Gasteiger partial charge in [0.2, 0.25) is 10.0 Å². The molecule has 122 valence electrons. The Labute approximate surface area is 132 Å². The average molecular weight is 335 g/mol. The van der Waals surface area contributed by atoms with Crippen molar-refractivity contribution >= 4 is 21.4 Å². The van der Waals surface area contributed by atoms with E-state index in [1.165, 1.54) is 11.3 Å². The molecular formula is C14H26N2O3S2. The van der Waals surface area contributed by atoms with Crippen LogP contribution in [0.5, 0.6) is 0 Å². The van der Waals surface area contributed by atoms with Gasteiger partial charge in [0.05, 0.1) is 6.61 Å². The van der Waals surface area contributed by atoms with E-state index in [4.69, 9.17) is 4.74 Å². The maximum atomic E-state index is 12.2. The summed E-state index contributed by atoms with van der Waals surface area (Å²) in [5.41, 5.74) is 0. The van der Waals surface area contributed by atoms with Gasteiger partial charge in [0.25, 0.3) is 0 Å². The van der Waals surface area contributed by atoms with Gasteiger partial charge in [-0.1, -0.05) is 13.8 Å². The number of hydrogen-bond acceptors (Lipinski definition) is 5. The summed E-state index contributed by atoms with van der Waals surface area (Å²) < 4.78 is 32.7. The molecule has 0 aliphatic rings. The van der Waals surface area contributed by atoms with E-state index >= 15 is 0 Å². The van der Waals surface area contributed by atoms with Gasteiger partial charge in [-0.25, -0.2) is 13.1 Å².